The average Bonchev–Trinajstić information content (AvgIpc) is 3.05. The van der Waals surface area contributed by atoms with Gasteiger partial charge in [-0.25, -0.2) is 0 Å². The molecule has 1 aromatic rings. The van der Waals surface area contributed by atoms with Crippen molar-refractivity contribution in [2.75, 3.05) is 13.2 Å². The Balaban J connectivity index is 1.73. The first-order chi connectivity index (χ1) is 10.2. The smallest absolute Gasteiger partial charge is 0.276 e. The second kappa shape index (κ2) is 7.64. The van der Waals surface area contributed by atoms with Crippen molar-refractivity contribution in [3.8, 4) is 5.75 Å². The maximum absolute atomic E-state index is 11.6. The molecule has 2 amide bonds. The van der Waals surface area contributed by atoms with Crippen LogP contribution in [0.1, 0.15) is 25.3 Å². The molecule has 1 fully saturated rings. The summed E-state index contributed by atoms with van der Waals surface area (Å²) in [5.41, 5.74) is 5.71. The van der Waals surface area contributed by atoms with E-state index < -0.39 is 12.0 Å². The van der Waals surface area contributed by atoms with Crippen molar-refractivity contribution >= 4 is 11.8 Å². The fourth-order valence-corrected chi connectivity index (χ4v) is 2.11. The van der Waals surface area contributed by atoms with Crippen molar-refractivity contribution in [2.45, 2.75) is 32.3 Å². The Morgan fingerprint density at radius 3 is 2.86 bits per heavy atom. The van der Waals surface area contributed by atoms with Gasteiger partial charge in [0.25, 0.3) is 11.8 Å². The van der Waals surface area contributed by atoms with Crippen LogP contribution in [0.3, 0.4) is 0 Å². The van der Waals surface area contributed by atoms with Crippen molar-refractivity contribution in [1.29, 1.82) is 0 Å². The number of aryl methyl sites for hydroxylation is 1. The molecule has 0 saturated carbocycles. The minimum absolute atomic E-state index is 0.150. The van der Waals surface area contributed by atoms with Gasteiger partial charge in [0.1, 0.15) is 11.9 Å². The molecule has 0 spiro atoms. The number of rotatable bonds is 5. The van der Waals surface area contributed by atoms with Crippen LogP contribution in [-0.4, -0.2) is 31.1 Å². The van der Waals surface area contributed by atoms with Crippen LogP contribution in [0.15, 0.2) is 24.3 Å². The summed E-state index contributed by atoms with van der Waals surface area (Å²) in [4.78, 5) is 23.3. The standard InChI is InChI=1S/C15H20N2O4/c1-2-11-6-3-4-7-12(11)21-10-14(18)16-17-15(19)13-8-5-9-20-13/h3-4,6-7,13H,2,5,8-10H2,1H3,(H,16,18)(H,17,19). The van der Waals surface area contributed by atoms with Gasteiger partial charge in [-0.3, -0.25) is 20.4 Å². The van der Waals surface area contributed by atoms with E-state index in [0.29, 0.717) is 18.8 Å². The van der Waals surface area contributed by atoms with Crippen LogP contribution in [0, 0.1) is 0 Å². The molecule has 1 unspecified atom stereocenters. The third kappa shape index (κ3) is 4.46. The molecule has 2 rings (SSSR count). The van der Waals surface area contributed by atoms with E-state index in [1.807, 2.05) is 31.2 Å². The van der Waals surface area contributed by atoms with Crippen LogP contribution in [0.4, 0.5) is 0 Å². The molecule has 1 aliphatic heterocycles. The summed E-state index contributed by atoms with van der Waals surface area (Å²) >= 11 is 0. The lowest BCUT2D eigenvalue weighted by molar-refractivity contribution is -0.135. The van der Waals surface area contributed by atoms with Gasteiger partial charge < -0.3 is 9.47 Å². The van der Waals surface area contributed by atoms with Crippen LogP contribution >= 0.6 is 0 Å². The Labute approximate surface area is 123 Å². The summed E-state index contributed by atoms with van der Waals surface area (Å²) < 4.78 is 10.7. The summed E-state index contributed by atoms with van der Waals surface area (Å²) in [7, 11) is 0. The van der Waals surface area contributed by atoms with E-state index in [4.69, 9.17) is 9.47 Å². The molecular formula is C15H20N2O4. The van der Waals surface area contributed by atoms with Crippen molar-refractivity contribution in [2.24, 2.45) is 0 Å². The number of hydrogen-bond acceptors (Lipinski definition) is 4. The first-order valence-electron chi connectivity index (χ1n) is 7.11. The summed E-state index contributed by atoms with van der Waals surface area (Å²) in [6.45, 7) is 2.45. The predicted octanol–water partition coefficient (Wildman–Crippen LogP) is 0.954. The molecule has 1 aromatic carbocycles. The zero-order valence-corrected chi connectivity index (χ0v) is 12.1. The molecule has 1 atom stereocenters. The molecule has 1 aliphatic rings. The van der Waals surface area contributed by atoms with E-state index in [2.05, 4.69) is 10.9 Å². The highest BCUT2D eigenvalue weighted by Crippen LogP contribution is 2.17. The number of hydrazine groups is 1. The van der Waals surface area contributed by atoms with Crippen molar-refractivity contribution in [3.05, 3.63) is 29.8 Å². The molecule has 1 heterocycles. The molecule has 0 bridgehead atoms. The van der Waals surface area contributed by atoms with Gasteiger partial charge in [0.15, 0.2) is 6.61 Å². The van der Waals surface area contributed by atoms with Gasteiger partial charge in [0.2, 0.25) is 0 Å². The average molecular weight is 292 g/mol. The lowest BCUT2D eigenvalue weighted by atomic mass is 10.1. The minimum atomic E-state index is -0.466. The van der Waals surface area contributed by atoms with Gasteiger partial charge in [-0.05, 0) is 30.9 Å². The van der Waals surface area contributed by atoms with Crippen molar-refractivity contribution in [3.63, 3.8) is 0 Å². The van der Waals surface area contributed by atoms with Crippen molar-refractivity contribution < 1.29 is 19.1 Å². The Morgan fingerprint density at radius 2 is 2.14 bits per heavy atom. The fraction of sp³-hybridized carbons (Fsp3) is 0.467. The van der Waals surface area contributed by atoms with E-state index in [0.717, 1.165) is 18.4 Å². The van der Waals surface area contributed by atoms with Crippen molar-refractivity contribution in [1.82, 2.24) is 10.9 Å². The molecule has 1 saturated heterocycles. The van der Waals surface area contributed by atoms with Gasteiger partial charge in [0, 0.05) is 6.61 Å². The van der Waals surface area contributed by atoms with Gasteiger partial charge in [-0.15, -0.1) is 0 Å². The number of nitrogens with one attached hydrogen (secondary N) is 2. The molecule has 114 valence electrons. The molecule has 0 aliphatic carbocycles. The minimum Gasteiger partial charge on any atom is -0.483 e. The number of carbonyl (C=O) groups is 2. The maximum Gasteiger partial charge on any atom is 0.276 e. The van der Waals surface area contributed by atoms with E-state index in [9.17, 15) is 9.59 Å². The SMILES string of the molecule is CCc1ccccc1OCC(=O)NNC(=O)C1CCCO1. The second-order valence-corrected chi connectivity index (χ2v) is 4.79. The molecule has 6 nitrogen and oxygen atoms in total. The first kappa shape index (κ1) is 15.3. The van der Waals surface area contributed by atoms with Crippen LogP contribution in [0.5, 0.6) is 5.75 Å². The van der Waals surface area contributed by atoms with Gasteiger partial charge in [0.05, 0.1) is 0 Å². The number of carbonyl (C=O) groups excluding carboxylic acids is 2. The number of benzene rings is 1. The molecule has 0 aromatic heterocycles. The first-order valence-corrected chi connectivity index (χ1v) is 7.11. The van der Waals surface area contributed by atoms with E-state index in [-0.39, 0.29) is 12.5 Å². The number of hydrogen-bond donors (Lipinski definition) is 2. The summed E-state index contributed by atoms with van der Waals surface area (Å²) in [6.07, 6.45) is 1.91. The number of para-hydroxylation sites is 1. The number of ether oxygens (including phenoxy) is 2. The third-order valence-corrected chi connectivity index (χ3v) is 3.26. The Kier molecular flexibility index (Phi) is 5.57. The summed E-state index contributed by atoms with van der Waals surface area (Å²) in [5, 5.41) is 0. The Morgan fingerprint density at radius 1 is 1.33 bits per heavy atom. The van der Waals surface area contributed by atoms with Crippen LogP contribution in [-0.2, 0) is 20.7 Å². The second-order valence-electron chi connectivity index (χ2n) is 4.79. The van der Waals surface area contributed by atoms with Crippen LogP contribution in [0.25, 0.3) is 0 Å². The lowest BCUT2D eigenvalue weighted by Gasteiger charge is -2.13. The summed E-state index contributed by atoms with van der Waals surface area (Å²) in [5.74, 6) is -0.0531. The topological polar surface area (TPSA) is 76.7 Å². The highest BCUT2D eigenvalue weighted by atomic mass is 16.5. The predicted molar refractivity (Wildman–Crippen MR) is 76.6 cm³/mol. The monoisotopic (exact) mass is 292 g/mol. The molecule has 0 radical (unpaired) electrons. The largest absolute Gasteiger partial charge is 0.483 e. The van der Waals surface area contributed by atoms with Gasteiger partial charge in [-0.1, -0.05) is 25.1 Å². The Bertz CT molecular complexity index is 498. The van der Waals surface area contributed by atoms with Gasteiger partial charge >= 0.3 is 0 Å². The quantitative estimate of drug-likeness (QED) is 0.792. The third-order valence-electron chi connectivity index (χ3n) is 3.26. The highest BCUT2D eigenvalue weighted by Gasteiger charge is 2.23. The zero-order valence-electron chi connectivity index (χ0n) is 12.1. The maximum atomic E-state index is 11.6. The normalized spacial score (nSPS) is 17.3. The van der Waals surface area contributed by atoms with E-state index in [1.165, 1.54) is 0 Å². The molecular weight excluding hydrogens is 272 g/mol. The molecule has 21 heavy (non-hydrogen) atoms. The summed E-state index contributed by atoms with van der Waals surface area (Å²) in [6, 6.07) is 7.54. The molecule has 2 N–H and O–H groups in total. The van der Waals surface area contributed by atoms with Crippen LogP contribution < -0.4 is 15.6 Å². The number of amides is 2. The Hall–Kier alpha value is -2.08. The van der Waals surface area contributed by atoms with Crippen LogP contribution in [0.2, 0.25) is 0 Å². The fourth-order valence-electron chi connectivity index (χ4n) is 2.11. The molecule has 6 heteroatoms. The highest BCUT2D eigenvalue weighted by molar-refractivity contribution is 5.85. The lowest BCUT2D eigenvalue weighted by Crippen LogP contribution is -2.47. The van der Waals surface area contributed by atoms with Gasteiger partial charge in [-0.2, -0.15) is 0 Å². The van der Waals surface area contributed by atoms with E-state index >= 15 is 0 Å². The zero-order chi connectivity index (χ0) is 15.1. The van der Waals surface area contributed by atoms with E-state index in [1.54, 1.807) is 0 Å².